The first-order valence-corrected chi connectivity index (χ1v) is 7.33. The first-order valence-electron chi connectivity index (χ1n) is 5.06. The molecular weight excluding hydrogens is 324 g/mol. The van der Waals surface area contributed by atoms with Gasteiger partial charge in [0, 0.05) is 16.7 Å². The number of aliphatic hydroxyl groups is 2. The molecule has 0 heterocycles. The topological polar surface area (TPSA) is 113 Å². The molecule has 0 spiro atoms. The lowest BCUT2D eigenvalue weighted by Gasteiger charge is -2.20. The highest BCUT2D eigenvalue weighted by molar-refractivity contribution is 9.10. The molecular formula is C10H15BrN2O4S. The average molecular weight is 339 g/mol. The van der Waals surface area contributed by atoms with E-state index in [1.165, 1.54) is 19.1 Å². The Labute approximate surface area is 114 Å². The van der Waals surface area contributed by atoms with Gasteiger partial charge in [0.25, 0.3) is 0 Å². The molecule has 6 nitrogen and oxygen atoms in total. The zero-order valence-corrected chi connectivity index (χ0v) is 12.1. The van der Waals surface area contributed by atoms with Crippen molar-refractivity contribution in [2.75, 3.05) is 18.9 Å². The smallest absolute Gasteiger partial charge is 0.241 e. The maximum atomic E-state index is 12.0. The van der Waals surface area contributed by atoms with Crippen LogP contribution in [0.4, 0.5) is 5.69 Å². The zero-order valence-electron chi connectivity index (χ0n) is 9.72. The summed E-state index contributed by atoms with van der Waals surface area (Å²) < 4.78 is 26.5. The summed E-state index contributed by atoms with van der Waals surface area (Å²) in [6, 6.07) is 4.39. The summed E-state index contributed by atoms with van der Waals surface area (Å²) in [7, 11) is -3.80. The minimum Gasteiger partial charge on any atom is -0.399 e. The fourth-order valence-electron chi connectivity index (χ4n) is 1.11. The Balaban J connectivity index is 2.97. The van der Waals surface area contributed by atoms with Gasteiger partial charge in [-0.25, -0.2) is 13.1 Å². The third-order valence-corrected chi connectivity index (χ3v) is 4.62. The fourth-order valence-corrected chi connectivity index (χ4v) is 3.27. The van der Waals surface area contributed by atoms with E-state index in [1.54, 1.807) is 6.07 Å². The molecule has 1 aromatic rings. The van der Waals surface area contributed by atoms with Crippen LogP contribution in [0.15, 0.2) is 27.6 Å². The van der Waals surface area contributed by atoms with Gasteiger partial charge in [0.1, 0.15) is 0 Å². The van der Waals surface area contributed by atoms with Gasteiger partial charge in [-0.3, -0.25) is 0 Å². The number of halogens is 1. The van der Waals surface area contributed by atoms with E-state index in [4.69, 9.17) is 10.8 Å². The van der Waals surface area contributed by atoms with E-state index >= 15 is 0 Å². The van der Waals surface area contributed by atoms with Crippen LogP contribution in [-0.2, 0) is 10.0 Å². The largest absolute Gasteiger partial charge is 0.399 e. The second-order valence-corrected chi connectivity index (χ2v) is 6.76. The average Bonchev–Trinajstić information content (AvgIpc) is 2.30. The summed E-state index contributed by atoms with van der Waals surface area (Å²) in [5.74, 6) is 0. The van der Waals surface area contributed by atoms with Crippen LogP contribution in [0.3, 0.4) is 0 Å². The highest BCUT2D eigenvalue weighted by Gasteiger charge is 2.24. The van der Waals surface area contributed by atoms with E-state index in [9.17, 15) is 13.5 Å². The van der Waals surface area contributed by atoms with Gasteiger partial charge in [-0.05, 0) is 41.1 Å². The number of nitrogen functional groups attached to an aromatic ring is 1. The third-order valence-electron chi connectivity index (χ3n) is 2.23. The van der Waals surface area contributed by atoms with Crippen molar-refractivity contribution in [2.24, 2.45) is 0 Å². The van der Waals surface area contributed by atoms with E-state index in [1.807, 2.05) is 0 Å². The molecule has 1 aromatic carbocycles. The number of hydrogen-bond donors (Lipinski definition) is 4. The predicted molar refractivity (Wildman–Crippen MR) is 71.5 cm³/mol. The van der Waals surface area contributed by atoms with Gasteiger partial charge in [0.15, 0.2) is 0 Å². The summed E-state index contributed by atoms with van der Waals surface area (Å²) in [4.78, 5) is -0.0174. The van der Waals surface area contributed by atoms with Crippen LogP contribution in [0, 0.1) is 0 Å². The van der Waals surface area contributed by atoms with Crippen molar-refractivity contribution >= 4 is 31.6 Å². The fraction of sp³-hybridized carbons (Fsp3) is 0.400. The highest BCUT2D eigenvalue weighted by atomic mass is 79.9. The van der Waals surface area contributed by atoms with Gasteiger partial charge in [-0.15, -0.1) is 0 Å². The van der Waals surface area contributed by atoms with E-state index in [2.05, 4.69) is 20.7 Å². The Morgan fingerprint density at radius 2 is 2.11 bits per heavy atom. The molecule has 102 valence electrons. The Hall–Kier alpha value is -0.670. The number of benzene rings is 1. The molecule has 0 aliphatic carbocycles. The van der Waals surface area contributed by atoms with Crippen molar-refractivity contribution in [3.05, 3.63) is 22.7 Å². The van der Waals surface area contributed by atoms with Crippen molar-refractivity contribution in [1.29, 1.82) is 0 Å². The van der Waals surface area contributed by atoms with E-state index in [0.717, 1.165) is 0 Å². The first-order chi connectivity index (χ1) is 8.18. The minimum atomic E-state index is -3.80. The molecule has 0 saturated carbocycles. The van der Waals surface area contributed by atoms with Gasteiger partial charge < -0.3 is 15.9 Å². The summed E-state index contributed by atoms with van der Waals surface area (Å²) in [5.41, 5.74) is 4.33. The minimum absolute atomic E-state index is 0.0174. The molecule has 18 heavy (non-hydrogen) atoms. The molecule has 0 aliphatic heterocycles. The number of nitrogens with one attached hydrogen (secondary N) is 1. The van der Waals surface area contributed by atoms with Crippen LogP contribution >= 0.6 is 15.9 Å². The van der Waals surface area contributed by atoms with E-state index < -0.39 is 22.2 Å². The van der Waals surface area contributed by atoms with Crippen LogP contribution in [0.1, 0.15) is 6.92 Å². The van der Waals surface area contributed by atoms with Crippen molar-refractivity contribution in [2.45, 2.75) is 17.4 Å². The number of hydrogen-bond acceptors (Lipinski definition) is 5. The molecule has 1 unspecified atom stereocenters. The number of aliphatic hydroxyl groups excluding tert-OH is 1. The Morgan fingerprint density at radius 1 is 1.50 bits per heavy atom. The van der Waals surface area contributed by atoms with Gasteiger partial charge >= 0.3 is 0 Å². The van der Waals surface area contributed by atoms with Crippen LogP contribution < -0.4 is 10.5 Å². The molecule has 8 heteroatoms. The van der Waals surface area contributed by atoms with Gasteiger partial charge in [-0.1, -0.05) is 0 Å². The second-order valence-electron chi connectivity index (χ2n) is 4.17. The molecule has 0 aromatic heterocycles. The quantitative estimate of drug-likeness (QED) is 0.567. The SMILES string of the molecule is CC(O)(CO)CNS(=O)(=O)c1cc(N)ccc1Br. The zero-order chi connectivity index (χ0) is 14.0. The Bertz CT molecular complexity index is 531. The summed E-state index contributed by atoms with van der Waals surface area (Å²) in [6.07, 6.45) is 0. The normalized spacial score (nSPS) is 15.3. The molecule has 1 rings (SSSR count). The Morgan fingerprint density at radius 3 is 2.67 bits per heavy atom. The van der Waals surface area contributed by atoms with Crippen LogP contribution in [0.2, 0.25) is 0 Å². The second kappa shape index (κ2) is 5.54. The lowest BCUT2D eigenvalue weighted by atomic mass is 10.1. The van der Waals surface area contributed by atoms with Gasteiger partial charge in [-0.2, -0.15) is 0 Å². The van der Waals surface area contributed by atoms with Crippen LogP contribution in [0.5, 0.6) is 0 Å². The highest BCUT2D eigenvalue weighted by Crippen LogP contribution is 2.24. The molecule has 1 atom stereocenters. The molecule has 0 bridgehead atoms. The van der Waals surface area contributed by atoms with E-state index in [-0.39, 0.29) is 11.4 Å². The summed E-state index contributed by atoms with van der Waals surface area (Å²) in [5, 5.41) is 18.4. The van der Waals surface area contributed by atoms with Crippen molar-refractivity contribution in [3.63, 3.8) is 0 Å². The molecule has 0 fully saturated rings. The predicted octanol–water partition coefficient (Wildman–Crippen LogP) is 0.0529. The summed E-state index contributed by atoms with van der Waals surface area (Å²) in [6.45, 7) is 0.477. The lowest BCUT2D eigenvalue weighted by molar-refractivity contribution is 0.00681. The van der Waals surface area contributed by atoms with Crippen molar-refractivity contribution in [3.8, 4) is 0 Å². The number of rotatable bonds is 5. The van der Waals surface area contributed by atoms with Crippen LogP contribution in [0.25, 0.3) is 0 Å². The van der Waals surface area contributed by atoms with E-state index in [0.29, 0.717) is 10.2 Å². The van der Waals surface area contributed by atoms with Gasteiger partial charge in [0.2, 0.25) is 10.0 Å². The molecule has 0 saturated heterocycles. The maximum absolute atomic E-state index is 12.0. The molecule has 5 N–H and O–H groups in total. The maximum Gasteiger partial charge on any atom is 0.241 e. The van der Waals surface area contributed by atoms with Crippen LogP contribution in [-0.4, -0.2) is 37.4 Å². The number of sulfonamides is 1. The van der Waals surface area contributed by atoms with Crippen molar-refractivity contribution in [1.82, 2.24) is 4.72 Å². The number of nitrogens with two attached hydrogens (primary N) is 1. The number of anilines is 1. The lowest BCUT2D eigenvalue weighted by Crippen LogP contribution is -2.43. The third kappa shape index (κ3) is 3.92. The molecule has 0 amide bonds. The van der Waals surface area contributed by atoms with Crippen molar-refractivity contribution < 1.29 is 18.6 Å². The molecule has 0 radical (unpaired) electrons. The first kappa shape index (κ1) is 15.4. The summed E-state index contributed by atoms with van der Waals surface area (Å²) >= 11 is 3.12. The monoisotopic (exact) mass is 338 g/mol. The standard InChI is InChI=1S/C10H15BrN2O4S/c1-10(15,6-14)5-13-18(16,17)9-4-7(12)2-3-8(9)11/h2-4,13-15H,5-6,12H2,1H3. The van der Waals surface area contributed by atoms with Gasteiger partial charge in [0.05, 0.1) is 17.1 Å². The Kier molecular flexibility index (Phi) is 4.73. The molecule has 0 aliphatic rings.